The van der Waals surface area contributed by atoms with Crippen LogP contribution in [-0.4, -0.2) is 78.7 Å². The Hall–Kier alpha value is -3.70. The van der Waals surface area contributed by atoms with E-state index in [1.807, 2.05) is 12.1 Å². The first-order chi connectivity index (χ1) is 19.3. The first kappa shape index (κ1) is 29.3. The van der Waals surface area contributed by atoms with E-state index in [-0.39, 0.29) is 44.0 Å². The molecule has 2 atom stereocenters. The summed E-state index contributed by atoms with van der Waals surface area (Å²) in [6.45, 7) is 3.77. The number of hydrogen-bond acceptors (Lipinski definition) is 9. The van der Waals surface area contributed by atoms with Crippen molar-refractivity contribution in [3.63, 3.8) is 0 Å². The summed E-state index contributed by atoms with van der Waals surface area (Å²) in [4.78, 5) is 67.6. The van der Waals surface area contributed by atoms with Gasteiger partial charge in [0, 0.05) is 17.2 Å². The number of esters is 2. The third-order valence-electron chi connectivity index (χ3n) is 6.69. The summed E-state index contributed by atoms with van der Waals surface area (Å²) in [5.41, 5.74) is 1.41. The van der Waals surface area contributed by atoms with Gasteiger partial charge in [0.15, 0.2) is 0 Å². The lowest BCUT2D eigenvalue weighted by Gasteiger charge is -2.27. The number of carbonyl (C=O) groups excluding carboxylic acids is 5. The summed E-state index contributed by atoms with van der Waals surface area (Å²) in [6, 6.07) is 12.5. The number of anilines is 1. The van der Waals surface area contributed by atoms with E-state index in [2.05, 4.69) is 5.32 Å². The van der Waals surface area contributed by atoms with Crippen LogP contribution in [-0.2, 0) is 23.9 Å². The van der Waals surface area contributed by atoms with Gasteiger partial charge in [-0.05, 0) is 57.4 Å². The normalized spacial score (nSPS) is 17.2. The molecule has 2 aliphatic heterocycles. The van der Waals surface area contributed by atoms with Gasteiger partial charge in [-0.1, -0.05) is 24.3 Å². The van der Waals surface area contributed by atoms with Crippen molar-refractivity contribution < 1.29 is 33.4 Å². The molecular weight excluding hydrogens is 534 g/mol. The van der Waals surface area contributed by atoms with Crippen LogP contribution in [0.1, 0.15) is 53.8 Å². The molecule has 2 heterocycles. The third kappa shape index (κ3) is 6.53. The number of unbranched alkanes of at least 4 members (excludes halogenated alkanes) is 1. The number of carbonyl (C=O) groups is 5. The zero-order valence-electron chi connectivity index (χ0n) is 22.6. The van der Waals surface area contributed by atoms with Crippen molar-refractivity contribution in [1.82, 2.24) is 10.2 Å². The number of para-hydroxylation sites is 1. The molecule has 3 amide bonds. The summed E-state index contributed by atoms with van der Waals surface area (Å²) in [6.07, 6.45) is 1.32. The molecule has 2 aromatic carbocycles. The maximum atomic E-state index is 13.7. The zero-order chi connectivity index (χ0) is 28.6. The highest BCUT2D eigenvalue weighted by atomic mass is 32.2. The molecule has 10 nitrogen and oxygen atoms in total. The van der Waals surface area contributed by atoms with Crippen molar-refractivity contribution in [2.75, 3.05) is 37.0 Å². The average molecular weight is 568 g/mol. The van der Waals surface area contributed by atoms with Crippen molar-refractivity contribution in [2.24, 2.45) is 0 Å². The Morgan fingerprint density at radius 1 is 0.925 bits per heavy atom. The van der Waals surface area contributed by atoms with Crippen LogP contribution in [0, 0.1) is 0 Å². The monoisotopic (exact) mass is 567 g/mol. The van der Waals surface area contributed by atoms with Crippen LogP contribution < -0.4 is 10.2 Å². The van der Waals surface area contributed by atoms with Crippen molar-refractivity contribution in [2.45, 2.75) is 50.1 Å². The highest BCUT2D eigenvalue weighted by Crippen LogP contribution is 2.34. The number of rotatable bonds is 12. The fourth-order valence-electron chi connectivity index (χ4n) is 4.79. The molecule has 0 aromatic heterocycles. The molecule has 40 heavy (non-hydrogen) atoms. The summed E-state index contributed by atoms with van der Waals surface area (Å²) >= 11 is 1.46. The average Bonchev–Trinajstić information content (AvgIpc) is 3.11. The number of thioether (sulfide) groups is 1. The Bertz CT molecular complexity index is 1250. The molecule has 0 saturated heterocycles. The number of amides is 3. The second-order valence-electron chi connectivity index (χ2n) is 9.34. The maximum Gasteiger partial charge on any atom is 0.326 e. The van der Waals surface area contributed by atoms with Gasteiger partial charge in [0.05, 0.1) is 36.1 Å². The molecule has 0 fully saturated rings. The minimum absolute atomic E-state index is 0.180. The van der Waals surface area contributed by atoms with Gasteiger partial charge >= 0.3 is 11.9 Å². The van der Waals surface area contributed by atoms with E-state index in [4.69, 9.17) is 9.47 Å². The van der Waals surface area contributed by atoms with E-state index in [9.17, 15) is 24.0 Å². The molecule has 1 unspecified atom stereocenters. The Labute approximate surface area is 237 Å². The predicted octanol–water partition coefficient (Wildman–Crippen LogP) is 3.04. The molecule has 0 radical (unpaired) electrons. The molecule has 0 aliphatic carbocycles. The lowest BCUT2D eigenvalue weighted by molar-refractivity contribution is -0.146. The van der Waals surface area contributed by atoms with Crippen LogP contribution in [0.4, 0.5) is 5.69 Å². The van der Waals surface area contributed by atoms with Crippen LogP contribution in [0.5, 0.6) is 0 Å². The molecule has 0 saturated carbocycles. The van der Waals surface area contributed by atoms with Gasteiger partial charge in [0.1, 0.15) is 12.6 Å². The topological polar surface area (TPSA) is 122 Å². The third-order valence-corrected chi connectivity index (χ3v) is 7.85. The van der Waals surface area contributed by atoms with Gasteiger partial charge in [-0.2, -0.15) is 0 Å². The van der Waals surface area contributed by atoms with E-state index in [1.165, 1.54) is 21.6 Å². The van der Waals surface area contributed by atoms with Gasteiger partial charge in [-0.3, -0.25) is 39.1 Å². The van der Waals surface area contributed by atoms with Gasteiger partial charge in [-0.25, -0.2) is 0 Å². The molecule has 0 spiro atoms. The van der Waals surface area contributed by atoms with E-state index in [1.54, 1.807) is 50.2 Å². The predicted molar refractivity (Wildman–Crippen MR) is 149 cm³/mol. The van der Waals surface area contributed by atoms with Gasteiger partial charge in [0.2, 0.25) is 5.91 Å². The van der Waals surface area contributed by atoms with Crippen molar-refractivity contribution in [3.8, 4) is 0 Å². The van der Waals surface area contributed by atoms with Crippen molar-refractivity contribution in [1.29, 1.82) is 0 Å². The number of imide groups is 1. The van der Waals surface area contributed by atoms with E-state index in [0.29, 0.717) is 41.8 Å². The molecule has 212 valence electrons. The molecule has 0 bridgehead atoms. The van der Waals surface area contributed by atoms with Crippen LogP contribution >= 0.6 is 11.8 Å². The lowest BCUT2D eigenvalue weighted by Crippen LogP contribution is -2.54. The largest absolute Gasteiger partial charge is 0.465 e. The number of nitrogens with zero attached hydrogens (tertiary/aromatic N) is 2. The number of nitrogens with one attached hydrogen (secondary N) is 1. The second-order valence-corrected chi connectivity index (χ2v) is 10.4. The Morgan fingerprint density at radius 2 is 1.57 bits per heavy atom. The second kappa shape index (κ2) is 13.6. The van der Waals surface area contributed by atoms with Crippen molar-refractivity contribution in [3.05, 3.63) is 59.7 Å². The van der Waals surface area contributed by atoms with Crippen molar-refractivity contribution >= 4 is 47.1 Å². The zero-order valence-corrected chi connectivity index (χ0v) is 23.4. The lowest BCUT2D eigenvalue weighted by atomic mass is 10.1. The Kier molecular flexibility index (Phi) is 9.94. The molecule has 4 rings (SSSR count). The van der Waals surface area contributed by atoms with E-state index < -0.39 is 24.0 Å². The number of benzene rings is 2. The summed E-state index contributed by atoms with van der Waals surface area (Å²) in [5, 5.41) is 3.17. The SMILES string of the molecule is CCOC(=O)CN1C(=O)C(N[C@H](CCCCN2C(=O)c3ccccc3C2=O)C(=O)OCC)CSc2ccccc21. The summed E-state index contributed by atoms with van der Waals surface area (Å²) in [7, 11) is 0. The van der Waals surface area contributed by atoms with Gasteiger partial charge in [0.25, 0.3) is 11.8 Å². The van der Waals surface area contributed by atoms with Crippen LogP contribution in [0.3, 0.4) is 0 Å². The van der Waals surface area contributed by atoms with Crippen LogP contribution in [0.25, 0.3) is 0 Å². The highest BCUT2D eigenvalue weighted by Gasteiger charge is 2.36. The minimum Gasteiger partial charge on any atom is -0.465 e. The fraction of sp³-hybridized carbons (Fsp3) is 0.414. The number of hydrogen-bond donors (Lipinski definition) is 1. The van der Waals surface area contributed by atoms with Gasteiger partial charge < -0.3 is 9.47 Å². The standard InChI is InChI=1S/C29H33N3O7S/c1-3-38-25(33)17-32-23-14-7-8-15-24(23)40-18-22(28(32)36)30-21(29(37)39-4-2)13-9-10-16-31-26(34)19-11-5-6-12-20(19)27(31)35/h5-8,11-12,14-15,21-22,30H,3-4,9-10,13,16-18H2,1-2H3/t21-,22?/m1/s1. The fourth-order valence-corrected chi connectivity index (χ4v) is 5.87. The molecular formula is C29H33N3O7S. The Balaban J connectivity index is 1.42. The molecule has 11 heteroatoms. The first-order valence-corrected chi connectivity index (χ1v) is 14.4. The first-order valence-electron chi connectivity index (χ1n) is 13.4. The van der Waals surface area contributed by atoms with E-state index in [0.717, 1.165) is 4.90 Å². The number of fused-ring (bicyclic) bond motifs is 2. The van der Waals surface area contributed by atoms with Crippen LogP contribution in [0.15, 0.2) is 53.4 Å². The smallest absolute Gasteiger partial charge is 0.326 e. The minimum atomic E-state index is -0.790. The molecule has 2 aliphatic rings. The maximum absolute atomic E-state index is 13.7. The van der Waals surface area contributed by atoms with Gasteiger partial charge in [-0.15, -0.1) is 11.8 Å². The summed E-state index contributed by atoms with van der Waals surface area (Å²) < 4.78 is 10.4. The summed E-state index contributed by atoms with van der Waals surface area (Å²) in [5.74, 6) is -1.64. The number of ether oxygens (including phenoxy) is 2. The highest BCUT2D eigenvalue weighted by molar-refractivity contribution is 7.99. The molecule has 2 aromatic rings. The van der Waals surface area contributed by atoms with Crippen LogP contribution in [0.2, 0.25) is 0 Å². The quantitative estimate of drug-likeness (QED) is 0.234. The Morgan fingerprint density at radius 3 is 2.25 bits per heavy atom. The molecule has 1 N–H and O–H groups in total. The van der Waals surface area contributed by atoms with E-state index >= 15 is 0 Å².